The minimum absolute atomic E-state index is 0.551. The van der Waals surface area contributed by atoms with Crippen LogP contribution in [0.4, 0.5) is 0 Å². The second-order valence-electron chi connectivity index (χ2n) is 3.23. The topological polar surface area (TPSA) is 24.7 Å². The van der Waals surface area contributed by atoms with E-state index in [0.717, 1.165) is 16.0 Å². The average molecular weight is 228 g/mol. The van der Waals surface area contributed by atoms with Crippen molar-refractivity contribution in [2.75, 3.05) is 12.8 Å². The van der Waals surface area contributed by atoms with Gasteiger partial charge < -0.3 is 0 Å². The second kappa shape index (κ2) is 5.61. The lowest BCUT2D eigenvalue weighted by molar-refractivity contribution is 0.831. The molecule has 1 aliphatic heterocycles. The lowest BCUT2D eigenvalue weighted by Gasteiger charge is -1.99. The smallest absolute Gasteiger partial charge is 0.162 e. The molecule has 0 bridgehead atoms. The van der Waals surface area contributed by atoms with E-state index in [0.29, 0.717) is 5.92 Å². The van der Waals surface area contributed by atoms with Crippen molar-refractivity contribution in [3.05, 3.63) is 11.0 Å². The number of aliphatic imine (C=N–C) groups is 2. The van der Waals surface area contributed by atoms with E-state index in [2.05, 4.69) is 36.8 Å². The van der Waals surface area contributed by atoms with Crippen molar-refractivity contribution in [3.8, 4) is 0 Å². The summed E-state index contributed by atoms with van der Waals surface area (Å²) in [5.74, 6) is 2.51. The molecule has 0 fully saturated rings. The third kappa shape index (κ3) is 3.17. The third-order valence-electron chi connectivity index (χ3n) is 1.58. The van der Waals surface area contributed by atoms with Gasteiger partial charge in [0.15, 0.2) is 5.84 Å². The number of rotatable bonds is 2. The lowest BCUT2D eigenvalue weighted by Crippen LogP contribution is -1.92. The quantitative estimate of drug-likeness (QED) is 0.723. The van der Waals surface area contributed by atoms with E-state index < -0.39 is 0 Å². The predicted molar refractivity (Wildman–Crippen MR) is 69.4 cm³/mol. The van der Waals surface area contributed by atoms with Gasteiger partial charge in [-0.3, -0.25) is 4.99 Å². The molecule has 1 aliphatic rings. The maximum absolute atomic E-state index is 4.46. The highest BCUT2D eigenvalue weighted by atomic mass is 32.2. The Bertz CT molecular complexity index is 290. The van der Waals surface area contributed by atoms with Crippen molar-refractivity contribution >= 4 is 33.7 Å². The number of nitrogens with zero attached hydrogens (tertiary/aromatic N) is 2. The minimum atomic E-state index is 0.551. The van der Waals surface area contributed by atoms with Crippen LogP contribution in [0, 0.1) is 5.92 Å². The summed E-state index contributed by atoms with van der Waals surface area (Å²) in [6.07, 6.45) is 2.22. The zero-order valence-electron chi connectivity index (χ0n) is 9.07. The maximum atomic E-state index is 4.46. The molecule has 0 saturated heterocycles. The van der Waals surface area contributed by atoms with E-state index in [-0.39, 0.29) is 0 Å². The van der Waals surface area contributed by atoms with Gasteiger partial charge in [0.2, 0.25) is 0 Å². The van der Waals surface area contributed by atoms with Gasteiger partial charge in [0.25, 0.3) is 0 Å². The van der Waals surface area contributed by atoms with Crippen molar-refractivity contribution in [2.45, 2.75) is 20.8 Å². The van der Waals surface area contributed by atoms with Gasteiger partial charge in [0.05, 0.1) is 4.91 Å². The number of allylic oxidation sites excluding steroid dienone is 1. The largest absolute Gasteiger partial charge is 0.269 e. The summed E-state index contributed by atoms with van der Waals surface area (Å²) in [6.45, 7) is 6.48. The summed E-state index contributed by atoms with van der Waals surface area (Å²) in [5, 5.41) is 0. The molecule has 0 atom stereocenters. The molecular formula is C10H16N2S2. The first-order valence-corrected chi connectivity index (χ1v) is 6.55. The Morgan fingerprint density at radius 3 is 2.79 bits per heavy atom. The molecule has 0 aliphatic carbocycles. The molecule has 0 amide bonds. The Morgan fingerprint density at radius 2 is 2.29 bits per heavy atom. The van der Waals surface area contributed by atoms with Gasteiger partial charge in [-0.1, -0.05) is 50.4 Å². The summed E-state index contributed by atoms with van der Waals surface area (Å²) in [5.41, 5.74) is 0. The van der Waals surface area contributed by atoms with Crippen molar-refractivity contribution in [3.63, 3.8) is 0 Å². The standard InChI is InChI=1S/C10H16N2S2/c1-5-13-10-12-9(11-4)8(14-10)6-7(2)3/h6-7H,5H2,1-4H3/b8-6-,11-9+. The molecule has 0 spiro atoms. The monoisotopic (exact) mass is 228 g/mol. The fourth-order valence-electron chi connectivity index (χ4n) is 1.06. The van der Waals surface area contributed by atoms with Crippen LogP contribution >= 0.6 is 23.5 Å². The van der Waals surface area contributed by atoms with Crippen LogP contribution in [0.1, 0.15) is 20.8 Å². The molecule has 1 heterocycles. The highest BCUT2D eigenvalue weighted by Gasteiger charge is 2.19. The zero-order chi connectivity index (χ0) is 10.6. The van der Waals surface area contributed by atoms with Gasteiger partial charge in [0, 0.05) is 7.05 Å². The van der Waals surface area contributed by atoms with Crippen LogP contribution in [0.3, 0.4) is 0 Å². The van der Waals surface area contributed by atoms with Gasteiger partial charge >= 0.3 is 0 Å². The molecule has 1 rings (SSSR count). The van der Waals surface area contributed by atoms with E-state index in [1.165, 1.54) is 4.91 Å². The molecule has 2 nitrogen and oxygen atoms in total. The van der Waals surface area contributed by atoms with Crippen LogP contribution in [-0.2, 0) is 0 Å². The molecule has 0 aromatic heterocycles. The zero-order valence-corrected chi connectivity index (χ0v) is 10.7. The van der Waals surface area contributed by atoms with E-state index >= 15 is 0 Å². The average Bonchev–Trinajstić information content (AvgIpc) is 2.47. The van der Waals surface area contributed by atoms with E-state index in [4.69, 9.17) is 0 Å². The Kier molecular flexibility index (Phi) is 4.75. The first kappa shape index (κ1) is 11.9. The molecule has 4 heteroatoms. The summed E-state index contributed by atoms with van der Waals surface area (Å²) in [4.78, 5) is 9.84. The summed E-state index contributed by atoms with van der Waals surface area (Å²) >= 11 is 3.52. The first-order valence-electron chi connectivity index (χ1n) is 4.75. The SMILES string of the molecule is CCSC1=NC(=N/C)/C(=C/C(C)C)S1. The number of thioether (sulfide) groups is 2. The number of hydrogen-bond donors (Lipinski definition) is 0. The molecule has 0 N–H and O–H groups in total. The van der Waals surface area contributed by atoms with Gasteiger partial charge in [-0.25, -0.2) is 4.99 Å². The van der Waals surface area contributed by atoms with Crippen molar-refractivity contribution in [1.82, 2.24) is 0 Å². The number of amidine groups is 1. The van der Waals surface area contributed by atoms with Crippen LogP contribution in [-0.4, -0.2) is 23.0 Å². The van der Waals surface area contributed by atoms with E-state index in [1.54, 1.807) is 30.6 Å². The molecule has 0 radical (unpaired) electrons. The van der Waals surface area contributed by atoms with E-state index in [9.17, 15) is 0 Å². The molecule has 0 saturated carbocycles. The Balaban J connectivity index is 2.77. The summed E-state index contributed by atoms with van der Waals surface area (Å²) in [7, 11) is 1.80. The Morgan fingerprint density at radius 1 is 1.57 bits per heavy atom. The normalized spacial score (nSPS) is 22.5. The molecule has 0 aromatic rings. The first-order chi connectivity index (χ1) is 6.67. The minimum Gasteiger partial charge on any atom is -0.269 e. The maximum Gasteiger partial charge on any atom is 0.162 e. The van der Waals surface area contributed by atoms with Crippen LogP contribution in [0.2, 0.25) is 0 Å². The fraction of sp³-hybridized carbons (Fsp3) is 0.600. The number of hydrogen-bond acceptors (Lipinski definition) is 3. The highest BCUT2D eigenvalue weighted by molar-refractivity contribution is 8.41. The Hall–Kier alpha value is -0.220. The molecular weight excluding hydrogens is 212 g/mol. The second-order valence-corrected chi connectivity index (χ2v) is 5.78. The fourth-order valence-corrected chi connectivity index (χ4v) is 3.21. The van der Waals surface area contributed by atoms with Crippen LogP contribution in [0.25, 0.3) is 0 Å². The summed E-state index contributed by atoms with van der Waals surface area (Å²) in [6, 6.07) is 0. The van der Waals surface area contributed by atoms with Crippen LogP contribution in [0.5, 0.6) is 0 Å². The molecule has 0 aromatic carbocycles. The molecule has 78 valence electrons. The third-order valence-corrected chi connectivity index (χ3v) is 3.61. The van der Waals surface area contributed by atoms with Gasteiger partial charge in [-0.15, -0.1) is 0 Å². The predicted octanol–water partition coefficient (Wildman–Crippen LogP) is 3.41. The van der Waals surface area contributed by atoms with Gasteiger partial charge in [0.1, 0.15) is 4.38 Å². The Labute approximate surface area is 94.4 Å². The van der Waals surface area contributed by atoms with Crippen LogP contribution < -0.4 is 0 Å². The van der Waals surface area contributed by atoms with Crippen molar-refractivity contribution in [2.24, 2.45) is 15.9 Å². The van der Waals surface area contributed by atoms with Crippen molar-refractivity contribution < 1.29 is 0 Å². The van der Waals surface area contributed by atoms with E-state index in [1.807, 2.05) is 0 Å². The van der Waals surface area contributed by atoms with Gasteiger partial charge in [-0.05, 0) is 11.7 Å². The van der Waals surface area contributed by atoms with Crippen molar-refractivity contribution in [1.29, 1.82) is 0 Å². The highest BCUT2D eigenvalue weighted by Crippen LogP contribution is 2.33. The van der Waals surface area contributed by atoms with Gasteiger partial charge in [-0.2, -0.15) is 0 Å². The summed E-state index contributed by atoms with van der Waals surface area (Å²) < 4.78 is 1.13. The molecule has 14 heavy (non-hydrogen) atoms. The molecule has 0 unspecified atom stereocenters. The lowest BCUT2D eigenvalue weighted by atomic mass is 10.2. The van der Waals surface area contributed by atoms with Crippen LogP contribution in [0.15, 0.2) is 21.0 Å².